The summed E-state index contributed by atoms with van der Waals surface area (Å²) < 4.78 is 23.8. The first-order chi connectivity index (χ1) is 11.2. The van der Waals surface area contributed by atoms with Crippen molar-refractivity contribution < 1.29 is 46.7 Å². The zero-order valence-corrected chi connectivity index (χ0v) is 14.9. The van der Waals surface area contributed by atoms with Gasteiger partial charge in [0.25, 0.3) is 0 Å². The minimum atomic E-state index is -1.79. The van der Waals surface area contributed by atoms with Gasteiger partial charge in [0, 0.05) is 20.8 Å². The summed E-state index contributed by atoms with van der Waals surface area (Å²) in [6.07, 6.45) is -6.30. The van der Waals surface area contributed by atoms with Gasteiger partial charge in [-0.15, -0.1) is 0 Å². The number of aldehydes is 1. The largest absolute Gasteiger partial charge is 0.466 e. The Balaban J connectivity index is 5.95. The summed E-state index contributed by atoms with van der Waals surface area (Å²) in [5.41, 5.74) is 0. The number of hydrogen-bond donors (Lipinski definition) is 0. The van der Waals surface area contributed by atoms with Gasteiger partial charge in [-0.2, -0.15) is 0 Å². The van der Waals surface area contributed by atoms with E-state index in [0.29, 0.717) is 0 Å². The highest BCUT2D eigenvalue weighted by atomic mass is 79.9. The van der Waals surface area contributed by atoms with E-state index in [4.69, 9.17) is 14.2 Å². The summed E-state index contributed by atoms with van der Waals surface area (Å²) in [5, 5.41) is 0. The lowest BCUT2D eigenvalue weighted by Gasteiger charge is -2.31. The Kier molecular flexibility index (Phi) is 9.81. The second-order valence-electron chi connectivity index (χ2n) is 4.39. The third kappa shape index (κ3) is 7.04. The molecule has 0 bridgehead atoms. The molecule has 136 valence electrons. The van der Waals surface area contributed by atoms with E-state index in [2.05, 4.69) is 24.8 Å². The average molecular weight is 413 g/mol. The highest BCUT2D eigenvalue weighted by Gasteiger charge is 2.46. The van der Waals surface area contributed by atoms with Gasteiger partial charge in [-0.3, -0.25) is 18.2 Å². The topological polar surface area (TPSA) is 132 Å². The zero-order valence-electron chi connectivity index (χ0n) is 13.3. The normalized spacial score (nSPS) is 15.2. The molecule has 0 N–H and O–H groups in total. The van der Waals surface area contributed by atoms with Crippen LogP contribution in [0, 0.1) is 0 Å². The van der Waals surface area contributed by atoms with E-state index in [1.54, 1.807) is 0 Å². The molecule has 10 nitrogen and oxygen atoms in total. The van der Waals surface area contributed by atoms with E-state index >= 15 is 0 Å². The molecule has 0 aliphatic heterocycles. The van der Waals surface area contributed by atoms with Crippen molar-refractivity contribution in [3.8, 4) is 0 Å². The van der Waals surface area contributed by atoms with Crippen LogP contribution in [0.1, 0.15) is 20.8 Å². The van der Waals surface area contributed by atoms with E-state index in [9.17, 15) is 24.0 Å². The summed E-state index contributed by atoms with van der Waals surface area (Å²) in [6.45, 7) is 3.03. The van der Waals surface area contributed by atoms with Crippen LogP contribution in [-0.2, 0) is 46.7 Å². The van der Waals surface area contributed by atoms with Gasteiger partial charge in [0.1, 0.15) is 0 Å². The lowest BCUT2D eigenvalue weighted by molar-refractivity contribution is -0.197. The third-order valence-electron chi connectivity index (χ3n) is 2.51. The maximum Gasteiger partial charge on any atom is 0.351 e. The Morgan fingerprint density at radius 1 is 0.875 bits per heavy atom. The fraction of sp³-hybridized carbons (Fsp3) is 0.615. The number of ether oxygens (including phenoxy) is 4. The van der Waals surface area contributed by atoms with E-state index in [1.165, 1.54) is 0 Å². The molecule has 4 atom stereocenters. The molecule has 0 saturated heterocycles. The summed E-state index contributed by atoms with van der Waals surface area (Å²) in [6, 6.07) is 0. The lowest BCUT2D eigenvalue weighted by Crippen LogP contribution is -2.54. The third-order valence-corrected chi connectivity index (χ3v) is 2.95. The first-order valence-corrected chi connectivity index (χ1v) is 7.14. The van der Waals surface area contributed by atoms with Crippen molar-refractivity contribution in [2.24, 2.45) is 0 Å². The number of esters is 4. The molecule has 0 aliphatic rings. The van der Waals surface area contributed by atoms with Gasteiger partial charge in [0.05, 0.1) is 23.4 Å². The number of carbonyl (C=O) groups excluding carboxylic acids is 5. The highest BCUT2D eigenvalue weighted by Crippen LogP contribution is 2.20. The smallest absolute Gasteiger partial charge is 0.351 e. The molecule has 0 aromatic rings. The van der Waals surface area contributed by atoms with E-state index in [-0.39, 0.29) is 6.29 Å². The predicted octanol–water partition coefficient (Wildman–Crippen LogP) is -0.152. The molecule has 0 amide bonds. The maximum atomic E-state index is 11.9. The molecule has 0 fully saturated rings. The second kappa shape index (κ2) is 10.7. The molecule has 0 heterocycles. The van der Waals surface area contributed by atoms with E-state index in [0.717, 1.165) is 27.9 Å². The summed E-state index contributed by atoms with van der Waals surface area (Å²) in [7, 11) is 1.00. The minimum Gasteiger partial charge on any atom is -0.466 e. The van der Waals surface area contributed by atoms with Crippen LogP contribution in [0.25, 0.3) is 0 Å². The Hall–Kier alpha value is -2.01. The van der Waals surface area contributed by atoms with Crippen LogP contribution in [0.15, 0.2) is 0 Å². The fourth-order valence-electron chi connectivity index (χ4n) is 1.70. The zero-order chi connectivity index (χ0) is 18.9. The molecule has 11 heteroatoms. The van der Waals surface area contributed by atoms with Gasteiger partial charge >= 0.3 is 23.9 Å². The van der Waals surface area contributed by atoms with Crippen molar-refractivity contribution in [1.29, 1.82) is 0 Å². The molecule has 0 aliphatic carbocycles. The lowest BCUT2D eigenvalue weighted by atomic mass is 10.0. The molecule has 0 aromatic carbocycles. The molecule has 24 heavy (non-hydrogen) atoms. The van der Waals surface area contributed by atoms with Crippen molar-refractivity contribution in [3.63, 3.8) is 0 Å². The summed E-state index contributed by atoms with van der Waals surface area (Å²) >= 11 is 2.57. The number of rotatable bonds is 9. The highest BCUT2D eigenvalue weighted by molar-refractivity contribution is 9.06. The monoisotopic (exact) mass is 412 g/mol. The SMILES string of the molecule is COC(=O)[C@@H](OC(C)=O)[C@@H](OC(C)=O)[C@H](OC(C)=O)[C@H](C=O)OBr. The second-order valence-corrected chi connectivity index (χ2v) is 4.76. The van der Waals surface area contributed by atoms with Crippen LogP contribution in [0.5, 0.6) is 0 Å². The van der Waals surface area contributed by atoms with Gasteiger partial charge in [-0.25, -0.2) is 4.79 Å². The molecule has 0 rings (SSSR count). The van der Waals surface area contributed by atoms with Gasteiger partial charge in [-0.1, -0.05) is 0 Å². The van der Waals surface area contributed by atoms with Crippen LogP contribution < -0.4 is 0 Å². The molecular formula is C13H17BrO10. The van der Waals surface area contributed by atoms with Gasteiger partial charge in [0.15, 0.2) is 24.6 Å². The summed E-state index contributed by atoms with van der Waals surface area (Å²) in [5.74, 6) is -3.74. The van der Waals surface area contributed by atoms with Crippen molar-refractivity contribution in [3.05, 3.63) is 0 Å². The molecule has 0 aromatic heterocycles. The molecule has 0 unspecified atom stereocenters. The molecule has 0 radical (unpaired) electrons. The van der Waals surface area contributed by atoms with Crippen LogP contribution in [0.3, 0.4) is 0 Å². The standard InChI is InChI=1S/C13H17BrO10/c1-6(16)21-10(9(5-15)24-14)11(22-7(2)17)12(13(19)20-4)23-8(3)18/h5,9-12H,1-4H3/t9-,10+,11-,12-/m0/s1. The van der Waals surface area contributed by atoms with Gasteiger partial charge < -0.3 is 23.7 Å². The molecule has 0 saturated carbocycles. The van der Waals surface area contributed by atoms with Gasteiger partial charge in [-0.05, 0) is 0 Å². The average Bonchev–Trinajstić information content (AvgIpc) is 2.49. The Morgan fingerprint density at radius 2 is 1.33 bits per heavy atom. The van der Waals surface area contributed by atoms with Crippen LogP contribution in [0.4, 0.5) is 0 Å². The van der Waals surface area contributed by atoms with Crippen LogP contribution >= 0.6 is 16.3 Å². The van der Waals surface area contributed by atoms with Crippen molar-refractivity contribution in [2.75, 3.05) is 7.11 Å². The fourth-order valence-corrected chi connectivity index (χ4v) is 2.00. The molecule has 0 spiro atoms. The Morgan fingerprint density at radius 3 is 1.67 bits per heavy atom. The first kappa shape index (κ1) is 22.0. The molecular weight excluding hydrogens is 396 g/mol. The van der Waals surface area contributed by atoms with Gasteiger partial charge in [0.2, 0.25) is 6.10 Å². The van der Waals surface area contributed by atoms with Crippen molar-refractivity contribution >= 4 is 46.4 Å². The maximum absolute atomic E-state index is 11.9. The predicted molar refractivity (Wildman–Crippen MR) is 78.5 cm³/mol. The van der Waals surface area contributed by atoms with Crippen molar-refractivity contribution in [1.82, 2.24) is 0 Å². The first-order valence-electron chi connectivity index (χ1n) is 6.50. The van der Waals surface area contributed by atoms with Crippen LogP contribution in [-0.4, -0.2) is 61.7 Å². The minimum absolute atomic E-state index is 0.237. The van der Waals surface area contributed by atoms with Crippen LogP contribution in [0.2, 0.25) is 0 Å². The Bertz CT molecular complexity index is 491. The quantitative estimate of drug-likeness (QED) is 0.286. The number of methoxy groups -OCH3 is 1. The Labute approximate surface area is 146 Å². The number of hydrogen-bond acceptors (Lipinski definition) is 10. The van der Waals surface area contributed by atoms with Crippen molar-refractivity contribution in [2.45, 2.75) is 45.2 Å². The summed E-state index contributed by atoms with van der Waals surface area (Å²) in [4.78, 5) is 56.9. The number of halogens is 1. The van der Waals surface area contributed by atoms with E-state index < -0.39 is 48.3 Å². The van der Waals surface area contributed by atoms with E-state index in [1.807, 2.05) is 0 Å². The number of carbonyl (C=O) groups is 5.